The van der Waals surface area contributed by atoms with Crippen molar-refractivity contribution in [3.05, 3.63) is 82.4 Å². The number of anilines is 3. The average molecular weight is 461 g/mol. The third-order valence-corrected chi connectivity index (χ3v) is 4.90. The summed E-state index contributed by atoms with van der Waals surface area (Å²) in [6.07, 6.45) is 0.218. The van der Waals surface area contributed by atoms with Crippen LogP contribution < -0.4 is 33.8 Å². The van der Waals surface area contributed by atoms with Gasteiger partial charge in [-0.15, -0.1) is 0 Å². The number of H-pyrrole nitrogens is 1. The fourth-order valence-corrected chi connectivity index (χ4v) is 3.20. The third kappa shape index (κ3) is 7.05. The van der Waals surface area contributed by atoms with Gasteiger partial charge in [-0.2, -0.15) is 0 Å². The van der Waals surface area contributed by atoms with Gasteiger partial charge in [-0.3, -0.25) is 10.6 Å². The number of hydrogen-bond donors (Lipinski definition) is 3. The van der Waals surface area contributed by atoms with Crippen LogP contribution in [0.4, 0.5) is 22.1 Å². The first-order valence-electron chi connectivity index (χ1n) is 9.77. The summed E-state index contributed by atoms with van der Waals surface area (Å²) in [7, 11) is 0. The number of aromatic nitrogens is 1. The maximum atomic E-state index is 11.6. The normalized spacial score (nSPS) is 11.2. The van der Waals surface area contributed by atoms with Gasteiger partial charge in [0.05, 0.1) is 6.61 Å². The van der Waals surface area contributed by atoms with Crippen molar-refractivity contribution >= 4 is 35.0 Å². The molecule has 8 heteroatoms. The first kappa shape index (κ1) is 24.3. The smallest absolute Gasteiger partial charge is 0.411 e. The zero-order valence-corrected chi connectivity index (χ0v) is 18.9. The number of aromatic amines is 1. The highest BCUT2D eigenvalue weighted by Gasteiger charge is 2.18. The molecule has 0 bridgehead atoms. The second-order valence-corrected chi connectivity index (χ2v) is 7.42. The van der Waals surface area contributed by atoms with Crippen LogP contribution in [0.5, 0.6) is 0 Å². The molecule has 0 spiro atoms. The quantitative estimate of drug-likeness (QED) is 0.502. The number of hydrogen-bond acceptors (Lipinski definition) is 4. The largest absolute Gasteiger partial charge is 1.00 e. The molecule has 0 aliphatic rings. The fourth-order valence-electron chi connectivity index (χ4n) is 3.08. The summed E-state index contributed by atoms with van der Waals surface area (Å²) in [4.78, 5) is 14.7. The standard InChI is InChI=1S/C23H25ClN4O2.ClH/c1-3-30-23(29)27-19-12-13-21(28-22(19)25)26-20(17-8-4-15(2)5-9-17)14-16-6-10-18(24)11-7-16;/h4-13,20H,3,14H2,1-2H3,(H,27,29)(H3,25,26,28);1H. The van der Waals surface area contributed by atoms with Gasteiger partial charge in [-0.25, -0.2) is 9.78 Å². The molecule has 0 saturated heterocycles. The SMILES string of the molecule is CCOC(=O)Nc1ccc(NC(Cc2ccc(Cl)cc2)c2ccc(C)cc2)[nH+]c1N.[Cl-]. The van der Waals surface area contributed by atoms with Gasteiger partial charge in [0.15, 0.2) is 0 Å². The van der Waals surface area contributed by atoms with E-state index in [1.54, 1.807) is 13.0 Å². The van der Waals surface area contributed by atoms with Crippen molar-refractivity contribution in [2.45, 2.75) is 26.3 Å². The molecule has 3 aromatic rings. The number of nitrogens with two attached hydrogens (primary N) is 1. The topological polar surface area (TPSA) is 90.5 Å². The lowest BCUT2D eigenvalue weighted by molar-refractivity contribution is -0.342. The summed E-state index contributed by atoms with van der Waals surface area (Å²) in [6, 6.07) is 19.8. The molecule has 31 heavy (non-hydrogen) atoms. The third-order valence-electron chi connectivity index (χ3n) is 4.65. The summed E-state index contributed by atoms with van der Waals surface area (Å²) in [6.45, 7) is 4.10. The molecule has 3 rings (SSSR count). The maximum Gasteiger partial charge on any atom is 0.411 e. The lowest BCUT2D eigenvalue weighted by Crippen LogP contribution is -3.00. The summed E-state index contributed by atoms with van der Waals surface area (Å²) in [5.41, 5.74) is 10.1. The number of carbonyl (C=O) groups excluding carboxylic acids is 1. The minimum absolute atomic E-state index is 0. The molecule has 0 radical (unpaired) electrons. The van der Waals surface area contributed by atoms with E-state index < -0.39 is 6.09 Å². The molecule has 0 aliphatic heterocycles. The first-order chi connectivity index (χ1) is 14.4. The highest BCUT2D eigenvalue weighted by molar-refractivity contribution is 6.30. The number of carbonyl (C=O) groups is 1. The number of pyridine rings is 1. The number of nitrogens with one attached hydrogen (secondary N) is 3. The summed E-state index contributed by atoms with van der Waals surface area (Å²) in [5.74, 6) is 1.07. The summed E-state index contributed by atoms with van der Waals surface area (Å²) in [5, 5.41) is 6.84. The zero-order valence-electron chi connectivity index (χ0n) is 17.4. The molecule has 0 saturated carbocycles. The van der Waals surface area contributed by atoms with E-state index in [1.165, 1.54) is 5.56 Å². The minimum Gasteiger partial charge on any atom is -1.00 e. The van der Waals surface area contributed by atoms with Crippen molar-refractivity contribution in [3.63, 3.8) is 0 Å². The lowest BCUT2D eigenvalue weighted by Gasteiger charge is -2.18. The first-order valence-corrected chi connectivity index (χ1v) is 10.2. The number of amides is 1. The predicted octanol–water partition coefficient (Wildman–Crippen LogP) is 2.01. The number of ether oxygens (including phenoxy) is 1. The summed E-state index contributed by atoms with van der Waals surface area (Å²) < 4.78 is 4.89. The molecule has 1 heterocycles. The molecule has 1 unspecified atom stereocenters. The molecule has 2 aromatic carbocycles. The Morgan fingerprint density at radius 2 is 1.77 bits per heavy atom. The van der Waals surface area contributed by atoms with Gasteiger partial charge in [-0.1, -0.05) is 53.6 Å². The molecule has 1 atom stereocenters. The highest BCUT2D eigenvalue weighted by atomic mass is 35.5. The second kappa shape index (κ2) is 11.4. The van der Waals surface area contributed by atoms with Crippen LogP contribution in [0.25, 0.3) is 0 Å². The van der Waals surface area contributed by atoms with Crippen LogP contribution in [0.2, 0.25) is 5.02 Å². The Bertz CT molecular complexity index is 995. The maximum absolute atomic E-state index is 11.6. The van der Waals surface area contributed by atoms with E-state index in [1.807, 2.05) is 30.3 Å². The van der Waals surface area contributed by atoms with Gasteiger partial charge in [0.1, 0.15) is 11.7 Å². The van der Waals surface area contributed by atoms with Gasteiger partial charge >= 0.3 is 6.09 Å². The van der Waals surface area contributed by atoms with E-state index in [2.05, 4.69) is 46.8 Å². The molecular weight excluding hydrogens is 435 g/mol. The van der Waals surface area contributed by atoms with Gasteiger partial charge < -0.3 is 22.9 Å². The molecule has 164 valence electrons. The van der Waals surface area contributed by atoms with E-state index in [0.717, 1.165) is 23.4 Å². The van der Waals surface area contributed by atoms with Crippen LogP contribution in [0.3, 0.4) is 0 Å². The van der Waals surface area contributed by atoms with Crippen LogP contribution in [0, 0.1) is 6.92 Å². The highest BCUT2D eigenvalue weighted by Crippen LogP contribution is 2.25. The van der Waals surface area contributed by atoms with Crippen molar-refractivity contribution in [2.75, 3.05) is 23.0 Å². The number of rotatable bonds is 7. The van der Waals surface area contributed by atoms with Crippen LogP contribution in [0.1, 0.15) is 29.7 Å². The van der Waals surface area contributed by atoms with Crippen molar-refractivity contribution in [3.8, 4) is 0 Å². The Morgan fingerprint density at radius 1 is 1.10 bits per heavy atom. The molecule has 6 nitrogen and oxygen atoms in total. The van der Waals surface area contributed by atoms with E-state index in [4.69, 9.17) is 22.1 Å². The Labute approximate surface area is 193 Å². The zero-order chi connectivity index (χ0) is 21.5. The molecule has 1 aromatic heterocycles. The molecule has 1 amide bonds. The van der Waals surface area contributed by atoms with Crippen molar-refractivity contribution in [1.29, 1.82) is 0 Å². The monoisotopic (exact) mass is 460 g/mol. The summed E-state index contributed by atoms with van der Waals surface area (Å²) >= 11 is 6.03. The molecule has 0 fully saturated rings. The van der Waals surface area contributed by atoms with Gasteiger partial charge in [0, 0.05) is 17.5 Å². The Kier molecular flexibility index (Phi) is 8.97. The Balaban J connectivity index is 0.00000341. The minimum atomic E-state index is -0.543. The average Bonchev–Trinajstić information content (AvgIpc) is 2.72. The van der Waals surface area contributed by atoms with Crippen molar-refractivity contribution < 1.29 is 26.9 Å². The predicted molar refractivity (Wildman–Crippen MR) is 121 cm³/mol. The van der Waals surface area contributed by atoms with Crippen molar-refractivity contribution in [2.24, 2.45) is 0 Å². The molecule has 0 aliphatic carbocycles. The molecular formula is C23H26Cl2N4O2. The Morgan fingerprint density at radius 3 is 2.39 bits per heavy atom. The Hall–Kier alpha value is -2.96. The van der Waals surface area contributed by atoms with Crippen LogP contribution in [0.15, 0.2) is 60.7 Å². The van der Waals surface area contributed by atoms with Crippen molar-refractivity contribution in [1.82, 2.24) is 0 Å². The number of aryl methyl sites for hydroxylation is 1. The lowest BCUT2D eigenvalue weighted by atomic mass is 9.98. The van der Waals surface area contributed by atoms with Gasteiger partial charge in [0.2, 0.25) is 11.6 Å². The van der Waals surface area contributed by atoms with Crippen LogP contribution in [-0.2, 0) is 11.2 Å². The van der Waals surface area contributed by atoms with E-state index in [-0.39, 0.29) is 25.1 Å². The van der Waals surface area contributed by atoms with E-state index >= 15 is 0 Å². The van der Waals surface area contributed by atoms with E-state index in [9.17, 15) is 4.79 Å². The van der Waals surface area contributed by atoms with Crippen LogP contribution in [-0.4, -0.2) is 12.7 Å². The van der Waals surface area contributed by atoms with E-state index in [0.29, 0.717) is 16.5 Å². The fraction of sp³-hybridized carbons (Fsp3) is 0.217. The number of benzene rings is 2. The number of halogens is 2. The second-order valence-electron chi connectivity index (χ2n) is 6.98. The molecule has 5 N–H and O–H groups in total. The number of nitrogen functional groups attached to an aromatic ring is 1. The van der Waals surface area contributed by atoms with Gasteiger partial charge in [-0.05, 0) is 43.2 Å². The van der Waals surface area contributed by atoms with Gasteiger partial charge in [0.25, 0.3) is 0 Å². The van der Waals surface area contributed by atoms with Crippen LogP contribution >= 0.6 is 11.6 Å².